The standard InChI is InChI=1S/C27H26F3N3O3/c1-2-17-13-20-24(35)22(18-14-31-33(15-18)19-9-5-3-6-10-19)26(27(28,29)30)36-25(20)21(23(17)34)16-32-11-7-4-8-12-32/h3,5-6,9-10,13-15,34H,2,4,7-8,11-12,16H2,1H3/p+1. The van der Waals surface area contributed by atoms with Gasteiger partial charge in [0.05, 0.1) is 41.5 Å². The molecule has 0 spiro atoms. The van der Waals surface area contributed by atoms with Gasteiger partial charge in [-0.05, 0) is 49.4 Å². The fraction of sp³-hybridized carbons (Fsp3) is 0.333. The van der Waals surface area contributed by atoms with Gasteiger partial charge in [-0.15, -0.1) is 0 Å². The number of phenolic OH excluding ortho intramolecular Hbond substituents is 1. The van der Waals surface area contributed by atoms with E-state index in [-0.39, 0.29) is 27.8 Å². The monoisotopic (exact) mass is 498 g/mol. The smallest absolute Gasteiger partial charge is 0.450 e. The fourth-order valence-corrected chi connectivity index (χ4v) is 5.00. The highest BCUT2D eigenvalue weighted by Gasteiger charge is 2.40. The van der Waals surface area contributed by atoms with Crippen molar-refractivity contribution < 1.29 is 27.6 Å². The Morgan fingerprint density at radius 1 is 1.14 bits per heavy atom. The van der Waals surface area contributed by atoms with Crippen LogP contribution in [0, 0.1) is 0 Å². The molecule has 0 radical (unpaired) electrons. The number of quaternary nitrogens is 1. The number of benzene rings is 2. The Bertz CT molecular complexity index is 1450. The Hall–Kier alpha value is -3.59. The molecule has 0 aliphatic carbocycles. The molecular formula is C27H27F3N3O3+. The molecule has 9 heteroatoms. The first kappa shape index (κ1) is 24.1. The largest absolute Gasteiger partial charge is 0.507 e. The third kappa shape index (κ3) is 4.39. The zero-order chi connectivity index (χ0) is 25.4. The summed E-state index contributed by atoms with van der Waals surface area (Å²) in [6.07, 6.45) is 1.25. The van der Waals surface area contributed by atoms with E-state index in [1.165, 1.54) is 23.1 Å². The summed E-state index contributed by atoms with van der Waals surface area (Å²) in [5.74, 6) is -1.48. The van der Waals surface area contributed by atoms with Crippen LogP contribution in [0.1, 0.15) is 43.1 Å². The average Bonchev–Trinajstić information content (AvgIpc) is 3.36. The van der Waals surface area contributed by atoms with E-state index in [1.807, 2.05) is 13.0 Å². The number of aryl methyl sites for hydroxylation is 1. The van der Waals surface area contributed by atoms with Gasteiger partial charge in [0, 0.05) is 11.8 Å². The summed E-state index contributed by atoms with van der Waals surface area (Å²) in [6.45, 7) is 3.82. The molecule has 1 saturated heterocycles. The molecule has 0 amide bonds. The summed E-state index contributed by atoms with van der Waals surface area (Å²) in [6, 6.07) is 10.4. The molecule has 36 heavy (non-hydrogen) atoms. The van der Waals surface area contributed by atoms with Crippen LogP contribution in [-0.2, 0) is 19.1 Å². The number of aromatic hydroxyl groups is 1. The molecule has 4 aromatic rings. The molecule has 3 heterocycles. The van der Waals surface area contributed by atoms with E-state index in [9.17, 15) is 23.1 Å². The quantitative estimate of drug-likeness (QED) is 0.425. The average molecular weight is 499 g/mol. The van der Waals surface area contributed by atoms with Crippen molar-refractivity contribution in [2.45, 2.75) is 45.3 Å². The lowest BCUT2D eigenvalue weighted by Crippen LogP contribution is -3.11. The van der Waals surface area contributed by atoms with Crippen LogP contribution in [0.15, 0.2) is 58.0 Å². The highest BCUT2D eigenvalue weighted by molar-refractivity contribution is 5.87. The van der Waals surface area contributed by atoms with Crippen LogP contribution < -0.4 is 10.3 Å². The van der Waals surface area contributed by atoms with E-state index in [0.29, 0.717) is 24.2 Å². The Morgan fingerprint density at radius 3 is 2.53 bits per heavy atom. The normalized spacial score (nSPS) is 15.0. The number of fused-ring (bicyclic) bond motifs is 1. The van der Waals surface area contributed by atoms with E-state index in [1.54, 1.807) is 24.3 Å². The maximum atomic E-state index is 14.3. The van der Waals surface area contributed by atoms with Crippen molar-refractivity contribution in [3.05, 3.63) is 75.9 Å². The van der Waals surface area contributed by atoms with Crippen LogP contribution in [0.4, 0.5) is 13.2 Å². The molecule has 2 aromatic heterocycles. The van der Waals surface area contributed by atoms with Crippen molar-refractivity contribution in [1.82, 2.24) is 9.78 Å². The van der Waals surface area contributed by atoms with Gasteiger partial charge in [0.1, 0.15) is 12.3 Å². The Kier molecular flexibility index (Phi) is 6.34. The molecule has 0 saturated carbocycles. The Morgan fingerprint density at radius 2 is 1.86 bits per heavy atom. The second-order valence-electron chi connectivity index (χ2n) is 9.22. The topological polar surface area (TPSA) is 72.7 Å². The number of nitrogens with one attached hydrogen (secondary N) is 1. The van der Waals surface area contributed by atoms with Gasteiger partial charge in [0.25, 0.3) is 0 Å². The molecule has 0 atom stereocenters. The highest BCUT2D eigenvalue weighted by atomic mass is 19.4. The third-order valence-corrected chi connectivity index (χ3v) is 6.85. The maximum absolute atomic E-state index is 14.3. The molecule has 1 aliphatic heterocycles. The Balaban J connectivity index is 1.74. The van der Waals surface area contributed by atoms with Crippen LogP contribution in [-0.4, -0.2) is 28.0 Å². The SMILES string of the molecule is CCc1cc2c(=O)c(-c3cnn(-c4ccccc4)c3)c(C(F)(F)F)oc2c(C[NH+]2CCCCC2)c1O. The first-order valence-electron chi connectivity index (χ1n) is 12.1. The lowest BCUT2D eigenvalue weighted by Gasteiger charge is -2.25. The fourth-order valence-electron chi connectivity index (χ4n) is 5.00. The molecule has 0 unspecified atom stereocenters. The van der Waals surface area contributed by atoms with E-state index in [4.69, 9.17) is 4.42 Å². The number of phenols is 1. The van der Waals surface area contributed by atoms with Crippen LogP contribution in [0.25, 0.3) is 27.8 Å². The van der Waals surface area contributed by atoms with Gasteiger partial charge in [-0.1, -0.05) is 25.1 Å². The predicted molar refractivity (Wildman–Crippen MR) is 129 cm³/mol. The van der Waals surface area contributed by atoms with E-state index < -0.39 is 22.9 Å². The van der Waals surface area contributed by atoms with Crippen molar-refractivity contribution in [3.63, 3.8) is 0 Å². The zero-order valence-electron chi connectivity index (χ0n) is 19.9. The highest BCUT2D eigenvalue weighted by Crippen LogP contribution is 2.40. The minimum Gasteiger partial charge on any atom is -0.507 e. The van der Waals surface area contributed by atoms with Gasteiger partial charge in [0.15, 0.2) is 5.58 Å². The van der Waals surface area contributed by atoms with Gasteiger partial charge >= 0.3 is 6.18 Å². The van der Waals surface area contributed by atoms with Gasteiger partial charge < -0.3 is 14.4 Å². The van der Waals surface area contributed by atoms with Crippen molar-refractivity contribution in [1.29, 1.82) is 0 Å². The lowest BCUT2D eigenvalue weighted by molar-refractivity contribution is -0.918. The lowest BCUT2D eigenvalue weighted by atomic mass is 9.98. The number of rotatable bonds is 5. The number of hydrogen-bond donors (Lipinski definition) is 2. The van der Waals surface area contributed by atoms with Crippen molar-refractivity contribution >= 4 is 11.0 Å². The first-order valence-corrected chi connectivity index (χ1v) is 12.1. The van der Waals surface area contributed by atoms with Crippen molar-refractivity contribution in [2.24, 2.45) is 0 Å². The molecule has 2 aromatic carbocycles. The van der Waals surface area contributed by atoms with Gasteiger partial charge in [-0.2, -0.15) is 18.3 Å². The number of halogens is 3. The number of hydrogen-bond acceptors (Lipinski definition) is 4. The molecular weight excluding hydrogens is 471 g/mol. The summed E-state index contributed by atoms with van der Waals surface area (Å²) in [5.41, 5.74) is -0.146. The van der Waals surface area contributed by atoms with Gasteiger partial charge in [-0.25, -0.2) is 4.68 Å². The molecule has 1 aliphatic rings. The Labute approximate surface area is 205 Å². The summed E-state index contributed by atoms with van der Waals surface area (Å²) in [7, 11) is 0. The molecule has 6 nitrogen and oxygen atoms in total. The van der Waals surface area contributed by atoms with Crippen molar-refractivity contribution in [2.75, 3.05) is 13.1 Å². The summed E-state index contributed by atoms with van der Waals surface area (Å²) < 4.78 is 49.8. The molecule has 2 N–H and O–H groups in total. The number of nitrogens with zero attached hydrogens (tertiary/aromatic N) is 2. The summed E-state index contributed by atoms with van der Waals surface area (Å²) in [4.78, 5) is 14.8. The second-order valence-corrected chi connectivity index (χ2v) is 9.22. The van der Waals surface area contributed by atoms with E-state index in [0.717, 1.165) is 37.3 Å². The number of piperidine rings is 1. The molecule has 188 valence electrons. The maximum Gasteiger partial charge on any atom is 0.450 e. The van der Waals surface area contributed by atoms with E-state index >= 15 is 0 Å². The minimum atomic E-state index is -4.92. The van der Waals surface area contributed by atoms with Gasteiger partial charge in [-0.3, -0.25) is 4.79 Å². The number of aromatic nitrogens is 2. The number of alkyl halides is 3. The van der Waals surface area contributed by atoms with Crippen LogP contribution in [0.5, 0.6) is 5.75 Å². The zero-order valence-corrected chi connectivity index (χ0v) is 19.9. The predicted octanol–water partition coefficient (Wildman–Crippen LogP) is 4.50. The molecule has 1 fully saturated rings. The molecule has 5 rings (SSSR count). The molecule has 0 bridgehead atoms. The summed E-state index contributed by atoms with van der Waals surface area (Å²) in [5, 5.41) is 15.2. The van der Waals surface area contributed by atoms with Crippen LogP contribution in [0.2, 0.25) is 0 Å². The summed E-state index contributed by atoms with van der Waals surface area (Å²) >= 11 is 0. The van der Waals surface area contributed by atoms with Crippen LogP contribution >= 0.6 is 0 Å². The van der Waals surface area contributed by atoms with E-state index in [2.05, 4.69) is 5.10 Å². The number of likely N-dealkylation sites (tertiary alicyclic amines) is 1. The van der Waals surface area contributed by atoms with Crippen molar-refractivity contribution in [3.8, 4) is 22.6 Å². The van der Waals surface area contributed by atoms with Crippen LogP contribution in [0.3, 0.4) is 0 Å². The first-order chi connectivity index (χ1) is 17.3. The minimum absolute atomic E-state index is 0.0103. The van der Waals surface area contributed by atoms with Gasteiger partial charge in [0.2, 0.25) is 11.2 Å². The third-order valence-electron chi connectivity index (χ3n) is 6.85. The number of para-hydroxylation sites is 1. The second kappa shape index (κ2) is 9.46.